The van der Waals surface area contributed by atoms with Gasteiger partial charge in [-0.1, -0.05) is 18.0 Å². The number of aryl methyl sites for hydroxylation is 1. The minimum Gasteiger partial charge on any atom is -0.340 e. The van der Waals surface area contributed by atoms with Gasteiger partial charge >= 0.3 is 0 Å². The molecule has 24 heavy (non-hydrogen) atoms. The lowest BCUT2D eigenvalue weighted by molar-refractivity contribution is -0.138. The number of hydrogen-bond acceptors (Lipinski definition) is 3. The van der Waals surface area contributed by atoms with E-state index in [1.165, 1.54) is 12.6 Å². The highest BCUT2D eigenvalue weighted by molar-refractivity contribution is 6.33. The number of nitrogens with zero attached hydrogens (tertiary/aromatic N) is 4. The highest BCUT2D eigenvalue weighted by atomic mass is 35.5. The molecule has 5 rings (SSSR count). The van der Waals surface area contributed by atoms with Crippen LogP contribution in [0.3, 0.4) is 0 Å². The van der Waals surface area contributed by atoms with Crippen molar-refractivity contribution in [1.82, 2.24) is 19.6 Å². The van der Waals surface area contributed by atoms with Gasteiger partial charge in [0.2, 0.25) is 5.91 Å². The molecule has 1 aliphatic carbocycles. The number of amides is 2. The Morgan fingerprint density at radius 2 is 1.96 bits per heavy atom. The number of halogens is 1. The normalized spacial score (nSPS) is 27.1. The second kappa shape index (κ2) is 6.06. The zero-order chi connectivity index (χ0) is 16.8. The summed E-state index contributed by atoms with van der Waals surface area (Å²) >= 11 is 6.15. The zero-order valence-corrected chi connectivity index (χ0v) is 14.7. The molecule has 4 aliphatic rings. The molecule has 1 aromatic rings. The fraction of sp³-hybridized carbons (Fsp3) is 0.706. The van der Waals surface area contributed by atoms with Gasteiger partial charge < -0.3 is 9.80 Å². The van der Waals surface area contributed by atoms with Crippen molar-refractivity contribution < 1.29 is 9.59 Å². The van der Waals surface area contributed by atoms with E-state index in [2.05, 4.69) is 5.10 Å². The molecular weight excluding hydrogens is 328 g/mol. The van der Waals surface area contributed by atoms with Gasteiger partial charge in [-0.3, -0.25) is 14.3 Å². The molecule has 7 heteroatoms. The van der Waals surface area contributed by atoms with Crippen LogP contribution < -0.4 is 0 Å². The second-order valence-corrected chi connectivity index (χ2v) is 7.80. The van der Waals surface area contributed by atoms with E-state index >= 15 is 0 Å². The summed E-state index contributed by atoms with van der Waals surface area (Å²) in [6.45, 7) is 2.15. The minimum atomic E-state index is -0.0624. The van der Waals surface area contributed by atoms with Gasteiger partial charge in [0.1, 0.15) is 5.69 Å². The van der Waals surface area contributed by atoms with Gasteiger partial charge in [-0.15, -0.1) is 0 Å². The second-order valence-electron chi connectivity index (χ2n) is 7.39. The number of fused-ring (bicyclic) bond motifs is 4. The fourth-order valence-electron chi connectivity index (χ4n) is 4.21. The summed E-state index contributed by atoms with van der Waals surface area (Å²) in [4.78, 5) is 29.6. The third kappa shape index (κ3) is 2.61. The van der Waals surface area contributed by atoms with Crippen molar-refractivity contribution in [2.24, 2.45) is 18.9 Å². The average Bonchev–Trinajstić information content (AvgIpc) is 2.69. The van der Waals surface area contributed by atoms with Crippen LogP contribution in [-0.2, 0) is 11.8 Å². The van der Waals surface area contributed by atoms with Crippen molar-refractivity contribution in [3.63, 3.8) is 0 Å². The van der Waals surface area contributed by atoms with Crippen LogP contribution in [0.2, 0.25) is 5.02 Å². The van der Waals surface area contributed by atoms with Crippen molar-refractivity contribution in [2.45, 2.75) is 38.1 Å². The third-order valence-electron chi connectivity index (χ3n) is 5.84. The summed E-state index contributed by atoms with van der Waals surface area (Å²) in [6, 6.07) is 0.0891. The molecule has 4 fully saturated rings. The van der Waals surface area contributed by atoms with Gasteiger partial charge in [-0.05, 0) is 31.6 Å². The van der Waals surface area contributed by atoms with Crippen LogP contribution in [0.5, 0.6) is 0 Å². The lowest BCUT2D eigenvalue weighted by Gasteiger charge is -2.36. The first kappa shape index (κ1) is 15.9. The van der Waals surface area contributed by atoms with Crippen LogP contribution in [0.15, 0.2) is 6.20 Å². The molecule has 1 saturated carbocycles. The maximum absolute atomic E-state index is 13.0. The monoisotopic (exact) mass is 350 g/mol. The molecular formula is C17H23ClN4O2. The van der Waals surface area contributed by atoms with E-state index in [9.17, 15) is 9.59 Å². The number of carbonyl (C=O) groups is 2. The van der Waals surface area contributed by atoms with Crippen LogP contribution in [0, 0.1) is 11.8 Å². The van der Waals surface area contributed by atoms with Gasteiger partial charge in [0, 0.05) is 38.6 Å². The molecule has 0 radical (unpaired) electrons. The first-order valence-corrected chi connectivity index (χ1v) is 9.19. The Morgan fingerprint density at radius 3 is 2.58 bits per heavy atom. The topological polar surface area (TPSA) is 58.4 Å². The molecule has 6 nitrogen and oxygen atoms in total. The zero-order valence-electron chi connectivity index (χ0n) is 13.9. The first-order valence-electron chi connectivity index (χ1n) is 8.82. The van der Waals surface area contributed by atoms with E-state index in [4.69, 9.17) is 11.6 Å². The highest BCUT2D eigenvalue weighted by Gasteiger charge is 2.41. The van der Waals surface area contributed by atoms with Crippen LogP contribution in [0.25, 0.3) is 0 Å². The standard InChI is InChI=1S/C17H23ClN4O2/c1-20-15(14(18)7-19-20)17(24)22-9-11-5-6-13(22)10-21(8-11)16(23)12-3-2-4-12/h7,11-13H,2-6,8-10H2,1H3/t11-,13+/m0/s1. The largest absolute Gasteiger partial charge is 0.340 e. The number of carbonyl (C=O) groups excluding carboxylic acids is 2. The predicted octanol–water partition coefficient (Wildman–Crippen LogP) is 1.94. The molecule has 4 heterocycles. The number of rotatable bonds is 2. The molecule has 3 saturated heterocycles. The van der Waals surface area contributed by atoms with Crippen molar-refractivity contribution >= 4 is 23.4 Å². The Morgan fingerprint density at radius 1 is 1.17 bits per heavy atom. The highest BCUT2D eigenvalue weighted by Crippen LogP contribution is 2.34. The van der Waals surface area contributed by atoms with E-state index in [1.807, 2.05) is 9.80 Å². The van der Waals surface area contributed by atoms with E-state index in [-0.39, 0.29) is 17.9 Å². The third-order valence-corrected chi connectivity index (χ3v) is 6.11. The molecule has 2 bridgehead atoms. The maximum atomic E-state index is 13.0. The Balaban J connectivity index is 1.54. The van der Waals surface area contributed by atoms with Crippen LogP contribution in [0.4, 0.5) is 0 Å². The smallest absolute Gasteiger partial charge is 0.273 e. The molecule has 0 aromatic carbocycles. The Labute approximate surface area is 146 Å². The van der Waals surface area contributed by atoms with Crippen molar-refractivity contribution in [3.8, 4) is 0 Å². The summed E-state index contributed by atoms with van der Waals surface area (Å²) in [5.41, 5.74) is 0.445. The summed E-state index contributed by atoms with van der Waals surface area (Å²) < 4.78 is 1.54. The number of piperidine rings is 1. The van der Waals surface area contributed by atoms with Gasteiger partial charge in [-0.25, -0.2) is 0 Å². The Kier molecular flexibility index (Phi) is 4.03. The van der Waals surface area contributed by atoms with Gasteiger partial charge in [-0.2, -0.15) is 5.10 Å². The first-order chi connectivity index (χ1) is 11.5. The molecule has 0 unspecified atom stereocenters. The summed E-state index contributed by atoms with van der Waals surface area (Å²) in [5, 5.41) is 4.47. The Hall–Kier alpha value is -1.56. The fourth-order valence-corrected chi connectivity index (χ4v) is 4.46. The van der Waals surface area contributed by atoms with Gasteiger partial charge in [0.25, 0.3) is 5.91 Å². The number of aromatic nitrogens is 2. The van der Waals surface area contributed by atoms with E-state index in [0.717, 1.165) is 32.2 Å². The quantitative estimate of drug-likeness (QED) is 0.819. The maximum Gasteiger partial charge on any atom is 0.273 e. The lowest BCUT2D eigenvalue weighted by atomic mass is 9.84. The average molecular weight is 351 g/mol. The summed E-state index contributed by atoms with van der Waals surface area (Å²) in [6.07, 6.45) is 6.77. The molecule has 3 aliphatic heterocycles. The minimum absolute atomic E-state index is 0.0624. The van der Waals surface area contributed by atoms with Crippen molar-refractivity contribution in [3.05, 3.63) is 16.9 Å². The molecule has 0 spiro atoms. The van der Waals surface area contributed by atoms with Gasteiger partial charge in [0.05, 0.1) is 11.2 Å². The molecule has 2 amide bonds. The molecule has 1 aromatic heterocycles. The lowest BCUT2D eigenvalue weighted by Crippen LogP contribution is -2.48. The molecule has 130 valence electrons. The van der Waals surface area contributed by atoms with E-state index in [1.54, 1.807) is 11.7 Å². The Bertz CT molecular complexity index is 650. The predicted molar refractivity (Wildman–Crippen MR) is 89.7 cm³/mol. The summed E-state index contributed by atoms with van der Waals surface area (Å²) in [5.74, 6) is 0.820. The van der Waals surface area contributed by atoms with Crippen LogP contribution in [0.1, 0.15) is 42.6 Å². The van der Waals surface area contributed by atoms with Crippen LogP contribution >= 0.6 is 11.6 Å². The van der Waals surface area contributed by atoms with Gasteiger partial charge in [0.15, 0.2) is 0 Å². The summed E-state index contributed by atoms with van der Waals surface area (Å²) in [7, 11) is 1.74. The molecule has 2 atom stereocenters. The van der Waals surface area contributed by atoms with E-state index < -0.39 is 0 Å². The van der Waals surface area contributed by atoms with Crippen molar-refractivity contribution in [2.75, 3.05) is 19.6 Å². The SMILES string of the molecule is Cn1ncc(Cl)c1C(=O)N1C[C@H]2CC[C@@H]1CN(C(=O)C1CCC1)C2. The van der Waals surface area contributed by atoms with Crippen molar-refractivity contribution in [1.29, 1.82) is 0 Å². The number of hydrogen-bond donors (Lipinski definition) is 0. The molecule has 0 N–H and O–H groups in total. The van der Waals surface area contributed by atoms with E-state index in [0.29, 0.717) is 35.6 Å². The van der Waals surface area contributed by atoms with Crippen LogP contribution in [-0.4, -0.2) is 57.1 Å².